The largest absolute Gasteiger partial charge is 0.395 e. The molecule has 0 aromatic carbocycles. The van der Waals surface area contributed by atoms with E-state index >= 15 is 0 Å². The van der Waals surface area contributed by atoms with Crippen LogP contribution in [0.2, 0.25) is 5.02 Å². The van der Waals surface area contributed by atoms with Crippen molar-refractivity contribution < 1.29 is 22.7 Å². The molecule has 9 heteroatoms. The van der Waals surface area contributed by atoms with Gasteiger partial charge in [-0.05, 0) is 19.8 Å². The standard InChI is InChI=1S/C13H15ClF3N3O2/c1-5-10(14)11(20(2)19-5)18-12(21)8-6-3-4-7(22-6)9(8)13(15,16)17/h6-9H,3-4H2,1-2H3,(H,18,21). The number of hydrogen-bond acceptors (Lipinski definition) is 3. The van der Waals surface area contributed by atoms with Crippen molar-refractivity contribution in [2.75, 3.05) is 5.32 Å². The number of carbonyl (C=O) groups is 1. The van der Waals surface area contributed by atoms with Gasteiger partial charge < -0.3 is 10.1 Å². The summed E-state index contributed by atoms with van der Waals surface area (Å²) in [4.78, 5) is 12.4. The van der Waals surface area contributed by atoms with Crippen LogP contribution in [-0.4, -0.2) is 34.1 Å². The summed E-state index contributed by atoms with van der Waals surface area (Å²) < 4.78 is 46.3. The Bertz CT molecular complexity index is 616. The van der Waals surface area contributed by atoms with E-state index in [1.165, 1.54) is 4.68 Å². The zero-order valence-corrected chi connectivity index (χ0v) is 12.7. The van der Waals surface area contributed by atoms with Crippen molar-refractivity contribution in [1.29, 1.82) is 0 Å². The van der Waals surface area contributed by atoms with E-state index < -0.39 is 36.1 Å². The number of carbonyl (C=O) groups excluding carboxylic acids is 1. The lowest BCUT2D eigenvalue weighted by Crippen LogP contribution is -2.44. The van der Waals surface area contributed by atoms with Crippen LogP contribution in [0.3, 0.4) is 0 Å². The summed E-state index contributed by atoms with van der Waals surface area (Å²) >= 11 is 6.02. The van der Waals surface area contributed by atoms with Gasteiger partial charge in [0.2, 0.25) is 5.91 Å². The number of nitrogens with zero attached hydrogens (tertiary/aromatic N) is 2. The molecule has 2 aliphatic heterocycles. The lowest BCUT2D eigenvalue weighted by Gasteiger charge is -2.28. The van der Waals surface area contributed by atoms with Gasteiger partial charge in [-0.2, -0.15) is 18.3 Å². The van der Waals surface area contributed by atoms with Gasteiger partial charge in [0.15, 0.2) is 0 Å². The first-order valence-electron chi connectivity index (χ1n) is 6.92. The number of halogens is 4. The SMILES string of the molecule is Cc1nn(C)c(NC(=O)C2C3CCC(O3)C2C(F)(F)F)c1Cl. The number of nitrogens with one attached hydrogen (secondary N) is 1. The minimum atomic E-state index is -4.46. The van der Waals surface area contributed by atoms with Gasteiger partial charge in [0.25, 0.3) is 0 Å². The molecule has 2 aliphatic rings. The monoisotopic (exact) mass is 337 g/mol. The second kappa shape index (κ2) is 5.13. The zero-order valence-electron chi connectivity index (χ0n) is 11.9. The molecule has 0 saturated carbocycles. The van der Waals surface area contributed by atoms with Crippen molar-refractivity contribution >= 4 is 23.3 Å². The van der Waals surface area contributed by atoms with E-state index in [1.807, 2.05) is 0 Å². The van der Waals surface area contributed by atoms with Gasteiger partial charge in [-0.25, -0.2) is 0 Å². The van der Waals surface area contributed by atoms with E-state index in [4.69, 9.17) is 16.3 Å². The van der Waals surface area contributed by atoms with E-state index in [1.54, 1.807) is 14.0 Å². The Balaban J connectivity index is 1.85. The molecule has 5 nitrogen and oxygen atoms in total. The highest BCUT2D eigenvalue weighted by Gasteiger charge is 2.62. The van der Waals surface area contributed by atoms with Crippen LogP contribution in [0, 0.1) is 18.8 Å². The quantitative estimate of drug-likeness (QED) is 0.902. The maximum atomic E-state index is 13.2. The number of amides is 1. The second-order valence-electron chi connectivity index (χ2n) is 5.74. The molecule has 2 fully saturated rings. The Morgan fingerprint density at radius 2 is 2.05 bits per heavy atom. The van der Waals surface area contributed by atoms with E-state index in [0.717, 1.165) is 0 Å². The van der Waals surface area contributed by atoms with Crippen LogP contribution in [0.25, 0.3) is 0 Å². The van der Waals surface area contributed by atoms with Crippen LogP contribution in [0.1, 0.15) is 18.5 Å². The summed E-state index contributed by atoms with van der Waals surface area (Å²) in [6.07, 6.45) is -5.28. The summed E-state index contributed by atoms with van der Waals surface area (Å²) in [6.45, 7) is 1.65. The van der Waals surface area contributed by atoms with Gasteiger partial charge in [0.05, 0.1) is 29.7 Å². The summed E-state index contributed by atoms with van der Waals surface area (Å²) in [5, 5.41) is 6.73. The molecule has 2 bridgehead atoms. The lowest BCUT2D eigenvalue weighted by atomic mass is 9.78. The van der Waals surface area contributed by atoms with Gasteiger partial charge in [0, 0.05) is 7.05 Å². The average molecular weight is 338 g/mol. The molecule has 4 atom stereocenters. The molecule has 0 aliphatic carbocycles. The minimum Gasteiger partial charge on any atom is -0.373 e. The van der Waals surface area contributed by atoms with Gasteiger partial charge in [-0.1, -0.05) is 11.6 Å². The normalized spacial score (nSPS) is 30.8. The van der Waals surface area contributed by atoms with Crippen LogP contribution in [0.5, 0.6) is 0 Å². The first-order valence-corrected chi connectivity index (χ1v) is 7.30. The highest BCUT2D eigenvalue weighted by Crippen LogP contribution is 2.50. The fourth-order valence-electron chi connectivity index (χ4n) is 3.39. The molecule has 1 amide bonds. The first-order chi connectivity index (χ1) is 10.2. The van der Waals surface area contributed by atoms with Crippen molar-refractivity contribution in [2.24, 2.45) is 18.9 Å². The van der Waals surface area contributed by atoms with Crippen molar-refractivity contribution in [2.45, 2.75) is 38.1 Å². The second-order valence-corrected chi connectivity index (χ2v) is 6.12. The molecule has 0 spiro atoms. The van der Waals surface area contributed by atoms with Crippen LogP contribution >= 0.6 is 11.6 Å². The highest BCUT2D eigenvalue weighted by atomic mass is 35.5. The molecular weight excluding hydrogens is 323 g/mol. The van der Waals surface area contributed by atoms with E-state index in [-0.39, 0.29) is 10.8 Å². The number of anilines is 1. The number of aryl methyl sites for hydroxylation is 2. The van der Waals surface area contributed by atoms with Gasteiger partial charge >= 0.3 is 6.18 Å². The van der Waals surface area contributed by atoms with Crippen molar-refractivity contribution in [3.05, 3.63) is 10.7 Å². The molecule has 22 heavy (non-hydrogen) atoms. The molecule has 4 unspecified atom stereocenters. The number of hydrogen-bond donors (Lipinski definition) is 1. The van der Waals surface area contributed by atoms with Gasteiger partial charge in [-0.15, -0.1) is 0 Å². The number of aromatic nitrogens is 2. The maximum absolute atomic E-state index is 13.2. The predicted molar refractivity (Wildman–Crippen MR) is 72.5 cm³/mol. The minimum absolute atomic E-state index is 0.202. The number of rotatable bonds is 2. The molecule has 1 aromatic heterocycles. The molecular formula is C13H15ClF3N3O2. The van der Waals surface area contributed by atoms with Gasteiger partial charge in [0.1, 0.15) is 10.8 Å². The van der Waals surface area contributed by atoms with Crippen molar-refractivity contribution in [1.82, 2.24) is 9.78 Å². The van der Waals surface area contributed by atoms with Crippen molar-refractivity contribution in [3.8, 4) is 0 Å². The van der Waals surface area contributed by atoms with Crippen LogP contribution in [0.4, 0.5) is 19.0 Å². The summed E-state index contributed by atoms with van der Waals surface area (Å²) in [6, 6.07) is 0. The Labute approximate surface area is 129 Å². The topological polar surface area (TPSA) is 56.2 Å². The Kier molecular flexibility index (Phi) is 3.64. The zero-order chi connectivity index (χ0) is 16.2. The fraction of sp³-hybridized carbons (Fsp3) is 0.692. The first kappa shape index (κ1) is 15.6. The molecule has 122 valence electrons. The molecule has 1 N–H and O–H groups in total. The van der Waals surface area contributed by atoms with Crippen molar-refractivity contribution in [3.63, 3.8) is 0 Å². The Morgan fingerprint density at radius 1 is 1.41 bits per heavy atom. The fourth-order valence-corrected chi connectivity index (χ4v) is 3.60. The van der Waals surface area contributed by atoms with E-state index in [0.29, 0.717) is 18.5 Å². The maximum Gasteiger partial charge on any atom is 0.395 e. The molecule has 3 heterocycles. The molecule has 0 radical (unpaired) electrons. The van der Waals surface area contributed by atoms with E-state index in [9.17, 15) is 18.0 Å². The predicted octanol–water partition coefficient (Wildman–Crippen LogP) is 2.68. The highest BCUT2D eigenvalue weighted by molar-refractivity contribution is 6.34. The van der Waals surface area contributed by atoms with Crippen LogP contribution in [-0.2, 0) is 16.6 Å². The third-order valence-electron chi connectivity index (χ3n) is 4.34. The molecule has 2 saturated heterocycles. The summed E-state index contributed by atoms with van der Waals surface area (Å²) in [5.41, 5.74) is 0.496. The summed E-state index contributed by atoms with van der Waals surface area (Å²) in [5.74, 6) is -3.53. The average Bonchev–Trinajstić information content (AvgIpc) is 3.07. The lowest BCUT2D eigenvalue weighted by molar-refractivity contribution is -0.196. The van der Waals surface area contributed by atoms with E-state index in [2.05, 4.69) is 10.4 Å². The third kappa shape index (κ3) is 2.38. The third-order valence-corrected chi connectivity index (χ3v) is 4.80. The van der Waals surface area contributed by atoms with Crippen LogP contribution in [0.15, 0.2) is 0 Å². The number of alkyl halides is 3. The number of ether oxygens (including phenoxy) is 1. The smallest absolute Gasteiger partial charge is 0.373 e. The summed E-state index contributed by atoms with van der Waals surface area (Å²) in [7, 11) is 1.56. The molecule has 3 rings (SSSR count). The molecule has 1 aromatic rings. The Hall–Kier alpha value is -1.28. The number of fused-ring (bicyclic) bond motifs is 2. The Morgan fingerprint density at radius 3 is 2.59 bits per heavy atom. The van der Waals surface area contributed by atoms with Gasteiger partial charge in [-0.3, -0.25) is 9.48 Å². The van der Waals surface area contributed by atoms with Crippen LogP contribution < -0.4 is 5.32 Å².